The number of hydrogen-bond donors (Lipinski definition) is 1. The number of nitrogens with two attached hydrogens (primary N) is 1. The number of hydrogen-bond acceptors (Lipinski definition) is 6. The molecule has 6 heteroatoms. The van der Waals surface area contributed by atoms with Crippen LogP contribution in [0.3, 0.4) is 0 Å². The average molecular weight is 249 g/mol. The van der Waals surface area contributed by atoms with Crippen molar-refractivity contribution in [2.24, 2.45) is 0 Å². The molecule has 90 valence electrons. The Morgan fingerprint density at radius 1 is 1.35 bits per heavy atom. The van der Waals surface area contributed by atoms with E-state index in [0.29, 0.717) is 5.95 Å². The third kappa shape index (κ3) is 2.91. The summed E-state index contributed by atoms with van der Waals surface area (Å²) in [5.41, 5.74) is 7.59. The number of rotatable bonds is 4. The summed E-state index contributed by atoms with van der Waals surface area (Å²) < 4.78 is 3.99. The number of aryl methyl sites for hydroxylation is 1. The van der Waals surface area contributed by atoms with Gasteiger partial charge in [-0.25, -0.2) is 0 Å². The summed E-state index contributed by atoms with van der Waals surface area (Å²) >= 11 is 1.32. The zero-order chi connectivity index (χ0) is 12.3. The molecule has 2 aromatic heterocycles. The highest BCUT2D eigenvalue weighted by molar-refractivity contribution is 7.09. The molecule has 0 aliphatic rings. The van der Waals surface area contributed by atoms with Crippen LogP contribution in [0, 0.1) is 6.92 Å². The zero-order valence-corrected chi connectivity index (χ0v) is 10.7. The Bertz CT molecular complexity index is 496. The fourth-order valence-electron chi connectivity index (χ4n) is 1.55. The van der Waals surface area contributed by atoms with Gasteiger partial charge in [-0.1, -0.05) is 6.07 Å². The number of nitrogens with zero attached hydrogens (tertiary/aromatic N) is 4. The third-order valence-corrected chi connectivity index (χ3v) is 3.17. The lowest BCUT2D eigenvalue weighted by atomic mass is 10.3. The molecule has 0 spiro atoms. The Hall–Kier alpha value is -1.69. The molecule has 0 amide bonds. The van der Waals surface area contributed by atoms with Crippen LogP contribution in [0.5, 0.6) is 0 Å². The molecular weight excluding hydrogens is 234 g/mol. The molecule has 0 fully saturated rings. The van der Waals surface area contributed by atoms with Gasteiger partial charge in [0.25, 0.3) is 0 Å². The van der Waals surface area contributed by atoms with E-state index in [1.165, 1.54) is 11.5 Å². The van der Waals surface area contributed by atoms with Gasteiger partial charge in [-0.15, -0.1) is 0 Å². The second-order valence-corrected chi connectivity index (χ2v) is 4.45. The van der Waals surface area contributed by atoms with Crippen molar-refractivity contribution in [3.8, 4) is 0 Å². The van der Waals surface area contributed by atoms with Crippen molar-refractivity contribution in [1.82, 2.24) is 14.3 Å². The van der Waals surface area contributed by atoms with Gasteiger partial charge < -0.3 is 10.6 Å². The van der Waals surface area contributed by atoms with Crippen molar-refractivity contribution < 1.29 is 0 Å². The van der Waals surface area contributed by atoms with Gasteiger partial charge in [-0.05, 0) is 26.0 Å². The monoisotopic (exact) mass is 249 g/mol. The Labute approximate surface area is 104 Å². The molecule has 2 heterocycles. The Balaban J connectivity index is 2.15. The van der Waals surface area contributed by atoms with E-state index in [1.807, 2.05) is 25.1 Å². The van der Waals surface area contributed by atoms with Crippen LogP contribution in [-0.2, 0) is 6.54 Å². The van der Waals surface area contributed by atoms with Gasteiger partial charge in [0.05, 0.1) is 12.2 Å². The minimum atomic E-state index is 0.334. The van der Waals surface area contributed by atoms with Crippen molar-refractivity contribution in [3.63, 3.8) is 0 Å². The van der Waals surface area contributed by atoms with Crippen molar-refractivity contribution in [2.75, 3.05) is 17.2 Å². The zero-order valence-electron chi connectivity index (χ0n) is 9.92. The van der Waals surface area contributed by atoms with Crippen LogP contribution in [0.2, 0.25) is 0 Å². The summed E-state index contributed by atoms with van der Waals surface area (Å²) in [5.74, 6) is 0.334. The standard InChI is InChI=1S/C11H15N5S/c1-3-16(11-14-10(12)15-17-11)7-9-6-4-5-8(2)13-9/h4-6H,3,7H2,1-2H3,(H2,12,15). The van der Waals surface area contributed by atoms with Crippen LogP contribution in [0.25, 0.3) is 0 Å². The van der Waals surface area contributed by atoms with Gasteiger partial charge in [0, 0.05) is 23.8 Å². The number of aromatic nitrogens is 3. The SMILES string of the molecule is CCN(Cc1cccc(C)n1)c1nc(N)ns1. The van der Waals surface area contributed by atoms with Crippen molar-refractivity contribution in [2.45, 2.75) is 20.4 Å². The minimum absolute atomic E-state index is 0.334. The van der Waals surface area contributed by atoms with E-state index in [9.17, 15) is 0 Å². The van der Waals surface area contributed by atoms with E-state index >= 15 is 0 Å². The molecule has 0 aliphatic heterocycles. The van der Waals surface area contributed by atoms with Crippen LogP contribution in [0.4, 0.5) is 11.1 Å². The van der Waals surface area contributed by atoms with Crippen LogP contribution < -0.4 is 10.6 Å². The maximum absolute atomic E-state index is 5.53. The summed E-state index contributed by atoms with van der Waals surface area (Å²) in [4.78, 5) is 10.8. The summed E-state index contributed by atoms with van der Waals surface area (Å²) in [6, 6.07) is 6.02. The minimum Gasteiger partial charge on any atom is -0.367 e. The van der Waals surface area contributed by atoms with Crippen molar-refractivity contribution in [3.05, 3.63) is 29.6 Å². The van der Waals surface area contributed by atoms with Crippen LogP contribution in [0.15, 0.2) is 18.2 Å². The van der Waals surface area contributed by atoms with Crippen LogP contribution >= 0.6 is 11.5 Å². The predicted octanol–water partition coefficient (Wildman–Crippen LogP) is 1.85. The lowest BCUT2D eigenvalue weighted by Crippen LogP contribution is -2.22. The first-order chi connectivity index (χ1) is 8.19. The molecule has 2 N–H and O–H groups in total. The first-order valence-corrected chi connectivity index (χ1v) is 6.23. The highest BCUT2D eigenvalue weighted by Gasteiger charge is 2.10. The Morgan fingerprint density at radius 3 is 2.76 bits per heavy atom. The summed E-state index contributed by atoms with van der Waals surface area (Å²) in [6.45, 7) is 5.65. The van der Waals surface area contributed by atoms with Crippen LogP contribution in [0.1, 0.15) is 18.3 Å². The van der Waals surface area contributed by atoms with Gasteiger partial charge in [-0.3, -0.25) is 4.98 Å². The quantitative estimate of drug-likeness (QED) is 0.895. The highest BCUT2D eigenvalue weighted by atomic mass is 32.1. The second kappa shape index (κ2) is 5.09. The van der Waals surface area contributed by atoms with E-state index in [-0.39, 0.29) is 0 Å². The molecule has 0 radical (unpaired) electrons. The molecule has 0 aromatic carbocycles. The average Bonchev–Trinajstić information content (AvgIpc) is 2.73. The number of anilines is 2. The van der Waals surface area contributed by atoms with Gasteiger partial charge in [-0.2, -0.15) is 9.36 Å². The van der Waals surface area contributed by atoms with Gasteiger partial charge >= 0.3 is 0 Å². The predicted molar refractivity (Wildman–Crippen MR) is 70.0 cm³/mol. The number of nitrogen functional groups attached to an aromatic ring is 1. The molecular formula is C11H15N5S. The highest BCUT2D eigenvalue weighted by Crippen LogP contribution is 2.19. The first-order valence-electron chi connectivity index (χ1n) is 5.45. The molecule has 5 nitrogen and oxygen atoms in total. The third-order valence-electron chi connectivity index (χ3n) is 2.38. The largest absolute Gasteiger partial charge is 0.367 e. The van der Waals surface area contributed by atoms with E-state index in [2.05, 4.69) is 26.2 Å². The second-order valence-electron chi connectivity index (χ2n) is 3.72. The van der Waals surface area contributed by atoms with Crippen LogP contribution in [-0.4, -0.2) is 20.9 Å². The molecule has 0 saturated heterocycles. The van der Waals surface area contributed by atoms with Crippen molar-refractivity contribution >= 4 is 22.6 Å². The molecule has 2 rings (SSSR count). The Morgan fingerprint density at radius 2 is 2.18 bits per heavy atom. The molecule has 0 unspecified atom stereocenters. The lowest BCUT2D eigenvalue weighted by molar-refractivity contribution is 0.802. The summed E-state index contributed by atoms with van der Waals surface area (Å²) in [6.07, 6.45) is 0. The molecule has 0 saturated carbocycles. The topological polar surface area (TPSA) is 67.9 Å². The summed E-state index contributed by atoms with van der Waals surface area (Å²) in [7, 11) is 0. The molecule has 2 aromatic rings. The van der Waals surface area contributed by atoms with Gasteiger partial charge in [0.1, 0.15) is 0 Å². The van der Waals surface area contributed by atoms with E-state index < -0.39 is 0 Å². The van der Waals surface area contributed by atoms with E-state index in [0.717, 1.165) is 29.6 Å². The first kappa shape index (κ1) is 11.8. The normalized spacial score (nSPS) is 10.5. The molecule has 0 bridgehead atoms. The fraction of sp³-hybridized carbons (Fsp3) is 0.364. The van der Waals surface area contributed by atoms with Gasteiger partial charge in [0.15, 0.2) is 0 Å². The molecule has 0 aliphatic carbocycles. The number of pyridine rings is 1. The van der Waals surface area contributed by atoms with E-state index in [1.54, 1.807) is 0 Å². The Kier molecular flexibility index (Phi) is 3.53. The van der Waals surface area contributed by atoms with E-state index in [4.69, 9.17) is 5.73 Å². The molecule has 0 atom stereocenters. The molecule has 17 heavy (non-hydrogen) atoms. The lowest BCUT2D eigenvalue weighted by Gasteiger charge is -2.18. The van der Waals surface area contributed by atoms with Gasteiger partial charge in [0.2, 0.25) is 11.1 Å². The maximum atomic E-state index is 5.53. The smallest absolute Gasteiger partial charge is 0.233 e. The fourth-order valence-corrected chi connectivity index (χ4v) is 2.21. The van der Waals surface area contributed by atoms with Crippen molar-refractivity contribution in [1.29, 1.82) is 0 Å². The summed E-state index contributed by atoms with van der Waals surface area (Å²) in [5, 5.41) is 0.841. The maximum Gasteiger partial charge on any atom is 0.233 e.